The molecule has 2 heterocycles. The van der Waals surface area contributed by atoms with Gasteiger partial charge in [0.15, 0.2) is 0 Å². The third-order valence-corrected chi connectivity index (χ3v) is 7.27. The van der Waals surface area contributed by atoms with Gasteiger partial charge in [-0.1, -0.05) is 18.1 Å². The molecule has 9 heteroatoms. The smallest absolute Gasteiger partial charge is 0.275 e. The molecule has 1 aliphatic heterocycles. The van der Waals surface area contributed by atoms with E-state index in [0.29, 0.717) is 33.9 Å². The average molecular weight is 529 g/mol. The third-order valence-electron chi connectivity index (χ3n) is 7.27. The lowest BCUT2D eigenvalue weighted by Crippen LogP contribution is -2.45. The summed E-state index contributed by atoms with van der Waals surface area (Å²) in [7, 11) is 2.04. The Morgan fingerprint density at radius 3 is 2.74 bits per heavy atom. The van der Waals surface area contributed by atoms with E-state index in [1.807, 2.05) is 20.0 Å². The van der Waals surface area contributed by atoms with Gasteiger partial charge >= 0.3 is 0 Å². The first-order valence-electron chi connectivity index (χ1n) is 12.8. The van der Waals surface area contributed by atoms with Crippen molar-refractivity contribution in [1.29, 1.82) is 5.41 Å². The number of fused-ring (bicyclic) bond motifs is 1. The van der Waals surface area contributed by atoms with Crippen LogP contribution in [0.5, 0.6) is 0 Å². The Hall–Kier alpha value is -4.13. The lowest BCUT2D eigenvalue weighted by atomic mass is 10.0. The molecule has 5 rings (SSSR count). The van der Waals surface area contributed by atoms with E-state index in [2.05, 4.69) is 36.9 Å². The van der Waals surface area contributed by atoms with Gasteiger partial charge in [0.2, 0.25) is 0 Å². The number of H-pyrrole nitrogens is 1. The van der Waals surface area contributed by atoms with E-state index in [1.165, 1.54) is 6.07 Å². The summed E-state index contributed by atoms with van der Waals surface area (Å²) in [6.07, 6.45) is 5.74. The first kappa shape index (κ1) is 26.5. The molecule has 3 N–H and O–H groups in total. The molecule has 2 aromatic carbocycles. The number of carbonyl (C=O) groups is 1. The molecule has 1 amide bonds. The Labute approximate surface area is 226 Å². The number of amides is 1. The first-order chi connectivity index (χ1) is 18.7. The Morgan fingerprint density at radius 2 is 1.97 bits per heavy atom. The van der Waals surface area contributed by atoms with Gasteiger partial charge in [-0.25, -0.2) is 13.8 Å². The van der Waals surface area contributed by atoms with Gasteiger partial charge in [0, 0.05) is 67.2 Å². The van der Waals surface area contributed by atoms with Crippen LogP contribution in [0.4, 0.5) is 14.5 Å². The van der Waals surface area contributed by atoms with Gasteiger partial charge < -0.3 is 20.6 Å². The molecule has 3 aromatic rings. The number of nitrogens with zero attached hydrogens (tertiary/aromatic N) is 3. The van der Waals surface area contributed by atoms with Gasteiger partial charge in [-0.2, -0.15) is 0 Å². The van der Waals surface area contributed by atoms with Crippen molar-refractivity contribution in [3.63, 3.8) is 0 Å². The Kier molecular flexibility index (Phi) is 7.42. The highest BCUT2D eigenvalue weighted by Crippen LogP contribution is 2.50. The molecule has 1 atom stereocenters. The van der Waals surface area contributed by atoms with E-state index in [1.54, 1.807) is 42.6 Å². The van der Waals surface area contributed by atoms with Crippen LogP contribution in [0.1, 0.15) is 56.6 Å². The number of likely N-dealkylation sites (N-methyl/N-ethyl adjacent to an activating group) is 1. The maximum Gasteiger partial charge on any atom is 0.275 e. The van der Waals surface area contributed by atoms with Crippen molar-refractivity contribution in [2.75, 3.05) is 38.5 Å². The minimum atomic E-state index is -2.95. The largest absolute Gasteiger partial charge is 0.332 e. The molecule has 2 aliphatic rings. The fourth-order valence-corrected chi connectivity index (χ4v) is 5.02. The number of alkyl halides is 2. The van der Waals surface area contributed by atoms with Crippen LogP contribution in [0.25, 0.3) is 6.08 Å². The summed E-state index contributed by atoms with van der Waals surface area (Å²) in [6.45, 7) is 5.14. The lowest BCUT2D eigenvalue weighted by molar-refractivity contribution is -0.0257. The quantitative estimate of drug-likeness (QED) is 0.327. The van der Waals surface area contributed by atoms with E-state index in [9.17, 15) is 4.79 Å². The number of rotatable bonds is 5. The highest BCUT2D eigenvalue weighted by Gasteiger charge is 2.47. The standard InChI is InChI=1S/C30H30F2N6O/c1-20-5-6-22(16-21(20)7-8-24-19-34-28(35-24)4-3-11-33)29(39)36-23-9-10-25-26(17-23)30(31,32)18-27(25)38-14-12-37(2)13-15-38/h3-6,9-11,16-17,19,27,33H,12-15,18H2,1-2H3,(H,34,35)(H,36,39)/b4-3-,33-11?/t27-/m1/s1. The zero-order chi connectivity index (χ0) is 27.6. The van der Waals surface area contributed by atoms with E-state index >= 15 is 8.78 Å². The molecule has 0 spiro atoms. The molecule has 200 valence electrons. The molecule has 0 unspecified atom stereocenters. The van der Waals surface area contributed by atoms with Crippen LogP contribution in [0.15, 0.2) is 48.7 Å². The van der Waals surface area contributed by atoms with Crippen molar-refractivity contribution in [3.8, 4) is 11.8 Å². The number of aromatic amines is 1. The molecule has 0 radical (unpaired) electrons. The predicted molar refractivity (Wildman–Crippen MR) is 148 cm³/mol. The van der Waals surface area contributed by atoms with Gasteiger partial charge in [0.05, 0.1) is 6.20 Å². The summed E-state index contributed by atoms with van der Waals surface area (Å²) in [6, 6.07) is 9.73. The van der Waals surface area contributed by atoms with E-state index in [-0.39, 0.29) is 18.0 Å². The fourth-order valence-electron chi connectivity index (χ4n) is 5.02. The summed E-state index contributed by atoms with van der Waals surface area (Å²) >= 11 is 0. The lowest BCUT2D eigenvalue weighted by Gasteiger charge is -2.36. The molecule has 1 aromatic heterocycles. The third kappa shape index (κ3) is 5.82. The molecule has 0 bridgehead atoms. The van der Waals surface area contributed by atoms with Gasteiger partial charge in [-0.15, -0.1) is 0 Å². The van der Waals surface area contributed by atoms with Crippen molar-refractivity contribution in [2.24, 2.45) is 0 Å². The number of nitrogens with one attached hydrogen (secondary N) is 3. The average Bonchev–Trinajstić information content (AvgIpc) is 3.48. The molecule has 1 aliphatic carbocycles. The second-order valence-electron chi connectivity index (χ2n) is 10.0. The van der Waals surface area contributed by atoms with Crippen LogP contribution in [-0.4, -0.2) is 65.1 Å². The van der Waals surface area contributed by atoms with Crippen LogP contribution in [-0.2, 0) is 5.92 Å². The molecular formula is C30H30F2N6O. The number of halogens is 2. The number of hydrogen-bond acceptors (Lipinski definition) is 5. The highest BCUT2D eigenvalue weighted by atomic mass is 19.3. The van der Waals surface area contributed by atoms with Gasteiger partial charge in [0.25, 0.3) is 11.8 Å². The number of benzene rings is 2. The molecule has 39 heavy (non-hydrogen) atoms. The SMILES string of the molecule is Cc1ccc(C(=O)Nc2ccc3c(c2)C(F)(F)C[C@H]3N2CCN(C)CC2)cc1C#Cc1cnc(/C=C\C=N)[nH]1. The summed E-state index contributed by atoms with van der Waals surface area (Å²) in [4.78, 5) is 24.6. The van der Waals surface area contributed by atoms with E-state index in [0.717, 1.165) is 38.0 Å². The number of aromatic nitrogens is 2. The van der Waals surface area contributed by atoms with Gasteiger partial charge in [0.1, 0.15) is 11.5 Å². The number of imidazole rings is 1. The van der Waals surface area contributed by atoms with Gasteiger partial charge in [-0.05, 0) is 67.4 Å². The zero-order valence-corrected chi connectivity index (χ0v) is 21.9. The van der Waals surface area contributed by atoms with Crippen molar-refractivity contribution < 1.29 is 13.6 Å². The van der Waals surface area contributed by atoms with Crippen molar-refractivity contribution >= 4 is 23.9 Å². The minimum Gasteiger partial charge on any atom is -0.332 e. The van der Waals surface area contributed by atoms with Crippen LogP contribution in [0.3, 0.4) is 0 Å². The van der Waals surface area contributed by atoms with Crippen molar-refractivity contribution in [2.45, 2.75) is 25.3 Å². The van der Waals surface area contributed by atoms with Crippen LogP contribution in [0, 0.1) is 24.2 Å². The van der Waals surface area contributed by atoms with E-state index in [4.69, 9.17) is 5.41 Å². The second-order valence-corrected chi connectivity index (χ2v) is 10.0. The number of allylic oxidation sites excluding steroid dienone is 1. The number of carbonyl (C=O) groups excluding carboxylic acids is 1. The van der Waals surface area contributed by atoms with Crippen molar-refractivity contribution in [3.05, 3.63) is 88.0 Å². The summed E-state index contributed by atoms with van der Waals surface area (Å²) < 4.78 is 30.1. The van der Waals surface area contributed by atoms with Crippen LogP contribution in [0.2, 0.25) is 0 Å². The minimum absolute atomic E-state index is 0.00548. The summed E-state index contributed by atoms with van der Waals surface area (Å²) in [5.74, 6) is 3.32. The first-order valence-corrected chi connectivity index (χ1v) is 12.8. The maximum atomic E-state index is 15.1. The molecule has 1 saturated heterocycles. The number of aryl methyl sites for hydroxylation is 1. The van der Waals surface area contributed by atoms with Gasteiger partial charge in [-0.3, -0.25) is 9.69 Å². The predicted octanol–water partition coefficient (Wildman–Crippen LogP) is 4.82. The topological polar surface area (TPSA) is 88.1 Å². The molecule has 1 fully saturated rings. The second kappa shape index (κ2) is 10.9. The molecule has 7 nitrogen and oxygen atoms in total. The van der Waals surface area contributed by atoms with E-state index < -0.39 is 11.8 Å². The highest BCUT2D eigenvalue weighted by molar-refractivity contribution is 6.04. The number of anilines is 1. The number of piperazine rings is 1. The fraction of sp³-hybridized carbons (Fsp3) is 0.300. The monoisotopic (exact) mass is 528 g/mol. The normalized spacial score (nSPS) is 18.9. The summed E-state index contributed by atoms with van der Waals surface area (Å²) in [5, 5.41) is 9.84. The Morgan fingerprint density at radius 1 is 1.18 bits per heavy atom. The maximum absolute atomic E-state index is 15.1. The summed E-state index contributed by atoms with van der Waals surface area (Å²) in [5.41, 5.74) is 3.53. The molecular weight excluding hydrogens is 498 g/mol. The number of hydrogen-bond donors (Lipinski definition) is 3. The zero-order valence-electron chi connectivity index (χ0n) is 21.9. The molecule has 0 saturated carbocycles. The van der Waals surface area contributed by atoms with Crippen LogP contribution < -0.4 is 5.32 Å². The Bertz CT molecular complexity index is 1490. The van der Waals surface area contributed by atoms with Crippen molar-refractivity contribution in [1.82, 2.24) is 19.8 Å². The Balaban J connectivity index is 1.32. The van der Waals surface area contributed by atoms with Crippen LogP contribution >= 0.6 is 0 Å².